The van der Waals surface area contributed by atoms with Crippen LogP contribution in [0.5, 0.6) is 0 Å². The normalized spacial score (nSPS) is 22.0. The lowest BCUT2D eigenvalue weighted by Gasteiger charge is -2.37. The van der Waals surface area contributed by atoms with E-state index in [0.29, 0.717) is 19.4 Å². The highest BCUT2D eigenvalue weighted by Gasteiger charge is 2.31. The zero-order chi connectivity index (χ0) is 15.4. The van der Waals surface area contributed by atoms with Crippen molar-refractivity contribution in [2.45, 2.75) is 38.6 Å². The first-order valence-electron chi connectivity index (χ1n) is 7.40. The number of hydrogen-bond acceptors (Lipinski definition) is 3. The second-order valence-electron chi connectivity index (χ2n) is 5.81. The van der Waals surface area contributed by atoms with E-state index in [9.17, 15) is 9.59 Å². The maximum Gasteiger partial charge on any atom is 0.223 e. The molecule has 4 N–H and O–H groups in total. The minimum absolute atomic E-state index is 0.0882. The minimum atomic E-state index is -0.307. The molecule has 1 fully saturated rings. The first-order valence-corrected chi connectivity index (χ1v) is 7.40. The van der Waals surface area contributed by atoms with Crippen LogP contribution in [0.1, 0.15) is 31.7 Å². The van der Waals surface area contributed by atoms with Gasteiger partial charge in [0.05, 0.1) is 5.92 Å². The number of piperidine rings is 1. The molecule has 0 spiro atoms. The van der Waals surface area contributed by atoms with Gasteiger partial charge in [-0.1, -0.05) is 12.1 Å². The minimum Gasteiger partial charge on any atom is -0.399 e. The molecule has 0 aliphatic carbocycles. The Balaban J connectivity index is 1.92. The van der Waals surface area contributed by atoms with Gasteiger partial charge >= 0.3 is 0 Å². The van der Waals surface area contributed by atoms with Crippen molar-refractivity contribution in [1.82, 2.24) is 4.90 Å². The SMILES string of the molecule is CC1CCC(C(N)=O)CN1C(=O)CCc1ccc(N)cc1. The summed E-state index contributed by atoms with van der Waals surface area (Å²) < 4.78 is 0. The molecule has 0 aromatic heterocycles. The van der Waals surface area contributed by atoms with E-state index in [4.69, 9.17) is 11.5 Å². The number of rotatable bonds is 4. The third-order valence-electron chi connectivity index (χ3n) is 4.21. The summed E-state index contributed by atoms with van der Waals surface area (Å²) in [6.07, 6.45) is 2.74. The summed E-state index contributed by atoms with van der Waals surface area (Å²) in [5.74, 6) is -0.426. The van der Waals surface area contributed by atoms with Crippen LogP contribution in [0.25, 0.3) is 0 Å². The molecule has 1 aliphatic heterocycles. The van der Waals surface area contributed by atoms with Crippen LogP contribution in [0.2, 0.25) is 0 Å². The van der Waals surface area contributed by atoms with E-state index in [-0.39, 0.29) is 23.8 Å². The Labute approximate surface area is 125 Å². The molecule has 1 heterocycles. The third kappa shape index (κ3) is 3.97. The Morgan fingerprint density at radius 3 is 2.52 bits per heavy atom. The number of carbonyl (C=O) groups is 2. The maximum absolute atomic E-state index is 12.4. The van der Waals surface area contributed by atoms with E-state index in [1.807, 2.05) is 31.2 Å². The van der Waals surface area contributed by atoms with Crippen LogP contribution in [-0.2, 0) is 16.0 Å². The largest absolute Gasteiger partial charge is 0.399 e. The fourth-order valence-electron chi connectivity index (χ4n) is 2.77. The summed E-state index contributed by atoms with van der Waals surface area (Å²) >= 11 is 0. The molecule has 21 heavy (non-hydrogen) atoms. The molecule has 1 aromatic rings. The molecule has 1 aliphatic rings. The molecule has 5 nitrogen and oxygen atoms in total. The van der Waals surface area contributed by atoms with Gasteiger partial charge in [0.25, 0.3) is 0 Å². The molecule has 1 saturated heterocycles. The number of anilines is 1. The summed E-state index contributed by atoms with van der Waals surface area (Å²) in [5, 5.41) is 0. The van der Waals surface area contributed by atoms with Gasteiger partial charge in [0, 0.05) is 24.7 Å². The van der Waals surface area contributed by atoms with Crippen LogP contribution in [0.3, 0.4) is 0 Å². The van der Waals surface area contributed by atoms with Gasteiger partial charge < -0.3 is 16.4 Å². The molecule has 0 bridgehead atoms. The number of primary amides is 1. The number of nitrogens with zero attached hydrogens (tertiary/aromatic N) is 1. The van der Waals surface area contributed by atoms with Crippen molar-refractivity contribution in [1.29, 1.82) is 0 Å². The molecule has 0 saturated carbocycles. The standard InChI is InChI=1S/C16H23N3O2/c1-11-2-6-13(16(18)21)10-19(11)15(20)9-5-12-3-7-14(17)8-4-12/h3-4,7-8,11,13H,2,5-6,9-10,17H2,1H3,(H2,18,21). The van der Waals surface area contributed by atoms with E-state index in [2.05, 4.69) is 0 Å². The summed E-state index contributed by atoms with van der Waals surface area (Å²) in [7, 11) is 0. The molecule has 0 radical (unpaired) electrons. The molecular formula is C16H23N3O2. The average Bonchev–Trinajstić information content (AvgIpc) is 2.46. The van der Waals surface area contributed by atoms with Gasteiger partial charge in [-0.15, -0.1) is 0 Å². The van der Waals surface area contributed by atoms with Gasteiger partial charge in [-0.2, -0.15) is 0 Å². The molecule has 2 rings (SSSR count). The van der Waals surface area contributed by atoms with Gasteiger partial charge in [-0.3, -0.25) is 9.59 Å². The number of aryl methyl sites for hydroxylation is 1. The van der Waals surface area contributed by atoms with Gasteiger partial charge in [-0.25, -0.2) is 0 Å². The van der Waals surface area contributed by atoms with Crippen molar-refractivity contribution in [3.8, 4) is 0 Å². The Bertz CT molecular complexity index is 513. The fraction of sp³-hybridized carbons (Fsp3) is 0.500. The number of nitrogens with two attached hydrogens (primary N) is 2. The Hall–Kier alpha value is -2.04. The number of benzene rings is 1. The van der Waals surface area contributed by atoms with Crippen molar-refractivity contribution >= 4 is 17.5 Å². The predicted molar refractivity (Wildman–Crippen MR) is 82.3 cm³/mol. The lowest BCUT2D eigenvalue weighted by molar-refractivity contribution is -0.137. The van der Waals surface area contributed by atoms with Crippen molar-refractivity contribution in [3.63, 3.8) is 0 Å². The molecule has 2 atom stereocenters. The number of carbonyl (C=O) groups excluding carboxylic acids is 2. The zero-order valence-corrected chi connectivity index (χ0v) is 12.4. The van der Waals surface area contributed by atoms with Crippen LogP contribution in [0, 0.1) is 5.92 Å². The highest BCUT2D eigenvalue weighted by molar-refractivity contribution is 5.80. The first kappa shape index (κ1) is 15.4. The van der Waals surface area contributed by atoms with E-state index in [1.54, 1.807) is 4.90 Å². The number of hydrogen-bond donors (Lipinski definition) is 2. The summed E-state index contributed by atoms with van der Waals surface area (Å²) in [6.45, 7) is 2.48. The van der Waals surface area contributed by atoms with Crippen molar-refractivity contribution < 1.29 is 9.59 Å². The van der Waals surface area contributed by atoms with E-state index in [0.717, 1.165) is 24.1 Å². The lowest BCUT2D eigenvalue weighted by Crippen LogP contribution is -2.48. The summed E-state index contributed by atoms with van der Waals surface area (Å²) in [5.41, 5.74) is 12.8. The van der Waals surface area contributed by atoms with Crippen LogP contribution < -0.4 is 11.5 Å². The van der Waals surface area contributed by atoms with E-state index < -0.39 is 0 Å². The smallest absolute Gasteiger partial charge is 0.223 e. The molecule has 1 aromatic carbocycles. The predicted octanol–water partition coefficient (Wildman–Crippen LogP) is 1.31. The number of nitrogen functional groups attached to an aromatic ring is 1. The van der Waals surface area contributed by atoms with Crippen molar-refractivity contribution in [2.24, 2.45) is 11.7 Å². The highest BCUT2D eigenvalue weighted by Crippen LogP contribution is 2.22. The quantitative estimate of drug-likeness (QED) is 0.819. The number of amides is 2. The van der Waals surface area contributed by atoms with Gasteiger partial charge in [0.1, 0.15) is 0 Å². The fourth-order valence-corrected chi connectivity index (χ4v) is 2.77. The third-order valence-corrected chi connectivity index (χ3v) is 4.21. The van der Waals surface area contributed by atoms with Crippen LogP contribution in [0.15, 0.2) is 24.3 Å². The molecule has 114 valence electrons. The topological polar surface area (TPSA) is 89.4 Å². The molecule has 5 heteroatoms. The first-order chi connectivity index (χ1) is 9.97. The maximum atomic E-state index is 12.4. The second-order valence-corrected chi connectivity index (χ2v) is 5.81. The van der Waals surface area contributed by atoms with Crippen molar-refractivity contribution in [2.75, 3.05) is 12.3 Å². The Morgan fingerprint density at radius 1 is 1.24 bits per heavy atom. The van der Waals surface area contributed by atoms with Gasteiger partial charge in [0.15, 0.2) is 0 Å². The van der Waals surface area contributed by atoms with Crippen molar-refractivity contribution in [3.05, 3.63) is 29.8 Å². The molecule has 2 amide bonds. The molecular weight excluding hydrogens is 266 g/mol. The van der Waals surface area contributed by atoms with Crippen LogP contribution in [0.4, 0.5) is 5.69 Å². The van der Waals surface area contributed by atoms with Crippen LogP contribution in [-0.4, -0.2) is 29.3 Å². The van der Waals surface area contributed by atoms with E-state index >= 15 is 0 Å². The van der Waals surface area contributed by atoms with Gasteiger partial charge in [-0.05, 0) is 43.9 Å². The zero-order valence-electron chi connectivity index (χ0n) is 12.4. The summed E-state index contributed by atoms with van der Waals surface area (Å²) in [6, 6.07) is 7.74. The van der Waals surface area contributed by atoms with Crippen LogP contribution >= 0.6 is 0 Å². The van der Waals surface area contributed by atoms with E-state index in [1.165, 1.54) is 0 Å². The number of likely N-dealkylation sites (tertiary alicyclic amines) is 1. The highest BCUT2D eigenvalue weighted by atomic mass is 16.2. The summed E-state index contributed by atoms with van der Waals surface area (Å²) in [4.78, 5) is 25.5. The molecule has 2 unspecified atom stereocenters. The lowest BCUT2D eigenvalue weighted by atomic mass is 9.92. The Kier molecular flexibility index (Phi) is 4.83. The Morgan fingerprint density at radius 2 is 1.90 bits per heavy atom. The second kappa shape index (κ2) is 6.61. The van der Waals surface area contributed by atoms with Gasteiger partial charge in [0.2, 0.25) is 11.8 Å². The average molecular weight is 289 g/mol. The monoisotopic (exact) mass is 289 g/mol.